The van der Waals surface area contributed by atoms with Gasteiger partial charge in [-0.3, -0.25) is 0 Å². The fraction of sp³-hybridized carbons (Fsp3) is 0.136. The molecule has 2 aromatic heterocycles. The van der Waals surface area contributed by atoms with Crippen LogP contribution in [0.5, 0.6) is 5.75 Å². The highest BCUT2D eigenvalue weighted by Gasteiger charge is 2.23. The molecule has 2 N–H and O–H groups in total. The fourth-order valence-corrected chi connectivity index (χ4v) is 3.37. The molecule has 0 saturated carbocycles. The molecule has 0 aliphatic rings. The second-order valence-corrected chi connectivity index (χ2v) is 6.58. The van der Waals surface area contributed by atoms with Crippen molar-refractivity contribution in [2.24, 2.45) is 0 Å². The van der Waals surface area contributed by atoms with Crippen molar-refractivity contribution in [3.8, 4) is 29.0 Å². The molecule has 0 amide bonds. The molecule has 8 heteroatoms. The number of nitrogens with two attached hydrogens (primary N) is 1. The predicted octanol–water partition coefficient (Wildman–Crippen LogP) is 3.84. The van der Waals surface area contributed by atoms with Gasteiger partial charge in [0.15, 0.2) is 11.3 Å². The number of nitriles is 1. The van der Waals surface area contributed by atoms with Crippen LogP contribution in [0.2, 0.25) is 0 Å². The van der Waals surface area contributed by atoms with E-state index in [0.717, 1.165) is 11.1 Å². The maximum atomic E-state index is 12.3. The van der Waals surface area contributed by atoms with Gasteiger partial charge in [0.05, 0.1) is 25.5 Å². The fourth-order valence-electron chi connectivity index (χ4n) is 3.37. The first-order valence-corrected chi connectivity index (χ1v) is 9.02. The number of esters is 1. The van der Waals surface area contributed by atoms with Crippen LogP contribution in [0.25, 0.3) is 28.2 Å². The molecule has 0 unspecified atom stereocenters. The molecule has 150 valence electrons. The summed E-state index contributed by atoms with van der Waals surface area (Å²) in [5.41, 5.74) is 9.86. The Labute approximate surface area is 172 Å². The van der Waals surface area contributed by atoms with E-state index in [2.05, 4.69) is 4.98 Å². The number of nitrogen functional groups attached to an aromatic ring is 1. The summed E-state index contributed by atoms with van der Waals surface area (Å²) in [6.45, 7) is 1.88. The molecule has 8 nitrogen and oxygen atoms in total. The van der Waals surface area contributed by atoms with Gasteiger partial charge in [-0.2, -0.15) is 5.26 Å². The second kappa shape index (κ2) is 7.29. The van der Waals surface area contributed by atoms with Crippen molar-refractivity contribution in [3.63, 3.8) is 0 Å². The van der Waals surface area contributed by atoms with Gasteiger partial charge in [0.25, 0.3) is 0 Å². The maximum Gasteiger partial charge on any atom is 0.357 e. The number of rotatable bonds is 4. The minimum atomic E-state index is -0.632. The lowest BCUT2D eigenvalue weighted by atomic mass is 10.1. The summed E-state index contributed by atoms with van der Waals surface area (Å²) in [6.07, 6.45) is 1.52. The van der Waals surface area contributed by atoms with Crippen LogP contribution in [0.1, 0.15) is 21.6 Å². The van der Waals surface area contributed by atoms with Crippen molar-refractivity contribution in [3.05, 3.63) is 59.4 Å². The first kappa shape index (κ1) is 19.1. The van der Waals surface area contributed by atoms with E-state index in [1.54, 1.807) is 29.9 Å². The normalized spacial score (nSPS) is 10.7. The Morgan fingerprint density at radius 2 is 2.07 bits per heavy atom. The van der Waals surface area contributed by atoms with E-state index in [1.807, 2.05) is 31.2 Å². The summed E-state index contributed by atoms with van der Waals surface area (Å²) in [7, 11) is 2.86. The van der Waals surface area contributed by atoms with Gasteiger partial charge in [0.1, 0.15) is 17.3 Å². The molecule has 0 spiro atoms. The molecule has 0 bridgehead atoms. The first-order chi connectivity index (χ1) is 14.5. The number of ether oxygens (including phenoxy) is 2. The third-order valence-electron chi connectivity index (χ3n) is 4.93. The van der Waals surface area contributed by atoms with Crippen LogP contribution in [0.15, 0.2) is 47.0 Å². The Kier molecular flexibility index (Phi) is 4.64. The Bertz CT molecular complexity index is 1330. The SMILES string of the molecule is COC(=O)c1c(N)c(C#N)cn1-c1cccc(-c2nc3cc(OC)ccc3o2)c1C. The smallest absolute Gasteiger partial charge is 0.357 e. The largest absolute Gasteiger partial charge is 0.497 e. The van der Waals surface area contributed by atoms with Crippen molar-refractivity contribution in [1.82, 2.24) is 9.55 Å². The Morgan fingerprint density at radius 1 is 1.27 bits per heavy atom. The van der Waals surface area contributed by atoms with Crippen LogP contribution >= 0.6 is 0 Å². The van der Waals surface area contributed by atoms with Crippen molar-refractivity contribution in [1.29, 1.82) is 5.26 Å². The van der Waals surface area contributed by atoms with Crippen LogP contribution in [0, 0.1) is 18.3 Å². The van der Waals surface area contributed by atoms with Crippen LogP contribution in [0.4, 0.5) is 5.69 Å². The number of fused-ring (bicyclic) bond motifs is 1. The quantitative estimate of drug-likeness (QED) is 0.515. The van der Waals surface area contributed by atoms with Gasteiger partial charge in [0.2, 0.25) is 5.89 Å². The number of hydrogen-bond acceptors (Lipinski definition) is 7. The topological polar surface area (TPSA) is 116 Å². The van der Waals surface area contributed by atoms with E-state index >= 15 is 0 Å². The molecule has 0 atom stereocenters. The highest BCUT2D eigenvalue weighted by molar-refractivity contribution is 5.96. The molecular formula is C22H18N4O4. The van der Waals surface area contributed by atoms with Crippen molar-refractivity contribution in [2.45, 2.75) is 6.92 Å². The van der Waals surface area contributed by atoms with E-state index in [9.17, 15) is 10.1 Å². The molecule has 30 heavy (non-hydrogen) atoms. The molecule has 0 aliphatic heterocycles. The molecule has 0 fully saturated rings. The number of aromatic nitrogens is 2. The van der Waals surface area contributed by atoms with Crippen LogP contribution in [-0.2, 0) is 4.74 Å². The number of carbonyl (C=O) groups is 1. The third-order valence-corrected chi connectivity index (χ3v) is 4.93. The standard InChI is InChI=1S/C22H18N4O4/c1-12-15(21-25-16-9-14(28-2)7-8-18(16)30-21)5-4-6-17(12)26-11-13(10-23)19(24)20(26)22(27)29-3/h4-9,11H,24H2,1-3H3. The zero-order chi connectivity index (χ0) is 21.4. The average Bonchev–Trinajstić information content (AvgIpc) is 3.33. The summed E-state index contributed by atoms with van der Waals surface area (Å²) >= 11 is 0. The second-order valence-electron chi connectivity index (χ2n) is 6.58. The molecule has 4 aromatic rings. The third kappa shape index (κ3) is 2.93. The van der Waals surface area contributed by atoms with Crippen molar-refractivity contribution in [2.75, 3.05) is 20.0 Å². The van der Waals surface area contributed by atoms with Crippen LogP contribution in [-0.4, -0.2) is 29.7 Å². The molecule has 2 aromatic carbocycles. The van der Waals surface area contributed by atoms with Crippen molar-refractivity contribution < 1.29 is 18.7 Å². The highest BCUT2D eigenvalue weighted by atomic mass is 16.5. The number of anilines is 1. The minimum absolute atomic E-state index is 0.0723. The zero-order valence-electron chi connectivity index (χ0n) is 16.6. The summed E-state index contributed by atoms with van der Waals surface area (Å²) in [6, 6.07) is 12.9. The molecular weight excluding hydrogens is 384 g/mol. The lowest BCUT2D eigenvalue weighted by Crippen LogP contribution is -2.12. The lowest BCUT2D eigenvalue weighted by molar-refractivity contribution is 0.0593. The van der Waals surface area contributed by atoms with Crippen LogP contribution in [0.3, 0.4) is 0 Å². The number of benzene rings is 2. The van der Waals surface area contributed by atoms with Gasteiger partial charge in [0, 0.05) is 23.5 Å². The summed E-state index contributed by atoms with van der Waals surface area (Å²) in [5.74, 6) is 0.480. The Hall–Kier alpha value is -4.25. The van der Waals surface area contributed by atoms with E-state index in [0.29, 0.717) is 28.4 Å². The lowest BCUT2D eigenvalue weighted by Gasteiger charge is -2.13. The predicted molar refractivity (Wildman–Crippen MR) is 111 cm³/mol. The summed E-state index contributed by atoms with van der Waals surface area (Å²) in [5, 5.41) is 9.35. The van der Waals surface area contributed by atoms with Gasteiger partial charge in [-0.15, -0.1) is 0 Å². The van der Waals surface area contributed by atoms with Gasteiger partial charge < -0.3 is 24.2 Å². The molecule has 2 heterocycles. The summed E-state index contributed by atoms with van der Waals surface area (Å²) in [4.78, 5) is 16.9. The Balaban J connectivity index is 1.90. The molecule has 0 aliphatic carbocycles. The molecule has 0 saturated heterocycles. The maximum absolute atomic E-state index is 12.3. The van der Waals surface area contributed by atoms with Crippen LogP contribution < -0.4 is 10.5 Å². The van der Waals surface area contributed by atoms with E-state index < -0.39 is 5.97 Å². The molecule has 4 rings (SSSR count). The van der Waals surface area contributed by atoms with E-state index in [4.69, 9.17) is 19.6 Å². The number of hydrogen-bond donors (Lipinski definition) is 1. The van der Waals surface area contributed by atoms with Gasteiger partial charge >= 0.3 is 5.97 Å². The minimum Gasteiger partial charge on any atom is -0.497 e. The number of methoxy groups -OCH3 is 2. The zero-order valence-corrected chi connectivity index (χ0v) is 16.6. The Morgan fingerprint density at radius 3 is 2.77 bits per heavy atom. The monoisotopic (exact) mass is 402 g/mol. The van der Waals surface area contributed by atoms with Gasteiger partial charge in [-0.05, 0) is 36.8 Å². The number of carbonyl (C=O) groups excluding carboxylic acids is 1. The first-order valence-electron chi connectivity index (χ1n) is 9.02. The number of nitrogens with zero attached hydrogens (tertiary/aromatic N) is 3. The van der Waals surface area contributed by atoms with Crippen molar-refractivity contribution >= 4 is 22.8 Å². The average molecular weight is 402 g/mol. The van der Waals surface area contributed by atoms with Gasteiger partial charge in [-0.1, -0.05) is 6.07 Å². The van der Waals surface area contributed by atoms with E-state index in [1.165, 1.54) is 13.3 Å². The van der Waals surface area contributed by atoms with E-state index in [-0.39, 0.29) is 16.9 Å². The highest BCUT2D eigenvalue weighted by Crippen LogP contribution is 2.33. The molecule has 0 radical (unpaired) electrons. The summed E-state index contributed by atoms with van der Waals surface area (Å²) < 4.78 is 17.6. The van der Waals surface area contributed by atoms with Gasteiger partial charge in [-0.25, -0.2) is 9.78 Å². The number of oxazole rings is 1.